The average molecular weight is 300 g/mol. The Hall–Kier alpha value is -2.70. The number of carbonyl (C=O) groups excluding carboxylic acids is 1. The first-order valence-electron chi connectivity index (χ1n) is 7.11. The molecule has 1 aliphatic heterocycles. The zero-order valence-corrected chi connectivity index (χ0v) is 11.6. The van der Waals surface area contributed by atoms with Crippen LogP contribution in [0.1, 0.15) is 30.9 Å². The molecule has 0 bridgehead atoms. The minimum Gasteiger partial charge on any atom is -0.353 e. The minimum absolute atomic E-state index is 0.0107. The van der Waals surface area contributed by atoms with Gasteiger partial charge in [0.05, 0.1) is 6.04 Å². The summed E-state index contributed by atoms with van der Waals surface area (Å²) in [5, 5.41) is 13.7. The number of fused-ring (bicyclic) bond motifs is 1. The van der Waals surface area contributed by atoms with Crippen LogP contribution in [-0.2, 0) is 4.79 Å². The molecule has 2 aliphatic rings. The second-order valence-electron chi connectivity index (χ2n) is 5.35. The Morgan fingerprint density at radius 1 is 1.18 bits per heavy atom. The van der Waals surface area contributed by atoms with Gasteiger partial charge in [-0.3, -0.25) is 4.79 Å². The van der Waals surface area contributed by atoms with Crippen LogP contribution in [0.2, 0.25) is 0 Å². The van der Waals surface area contributed by atoms with Gasteiger partial charge in [0.25, 0.3) is 0 Å². The molecule has 2 heterocycles. The number of hydrogen-bond donors (Lipinski definition) is 2. The summed E-state index contributed by atoms with van der Waals surface area (Å²) in [6.07, 6.45) is 1.93. The maximum atomic E-state index is 14.2. The van der Waals surface area contributed by atoms with Crippen molar-refractivity contribution in [3.8, 4) is 0 Å². The first-order chi connectivity index (χ1) is 10.7. The third kappa shape index (κ3) is 1.97. The minimum atomic E-state index is -0.607. The van der Waals surface area contributed by atoms with Crippen LogP contribution in [0.5, 0.6) is 0 Å². The molecule has 4 rings (SSSR count). The first kappa shape index (κ1) is 13.0. The average Bonchev–Trinajstić information content (AvgIpc) is 2.87. The van der Waals surface area contributed by atoms with Gasteiger partial charge in [-0.2, -0.15) is 0 Å². The van der Waals surface area contributed by atoms with Crippen molar-refractivity contribution < 1.29 is 13.8 Å². The Balaban J connectivity index is 1.90. The topological polar surface area (TPSA) is 80.1 Å². The maximum absolute atomic E-state index is 14.2. The molecule has 112 valence electrons. The van der Waals surface area contributed by atoms with Gasteiger partial charge in [0, 0.05) is 23.3 Å². The Kier molecular flexibility index (Phi) is 2.92. The molecule has 1 aromatic heterocycles. The van der Waals surface area contributed by atoms with Crippen molar-refractivity contribution in [2.24, 2.45) is 0 Å². The number of rotatable bonds is 1. The molecule has 2 aromatic rings. The molecule has 1 aliphatic carbocycles. The van der Waals surface area contributed by atoms with Crippen LogP contribution in [-0.4, -0.2) is 16.1 Å². The molecule has 2 N–H and O–H groups in total. The van der Waals surface area contributed by atoms with E-state index in [1.807, 2.05) is 0 Å². The van der Waals surface area contributed by atoms with Gasteiger partial charge in [-0.15, -0.1) is 0 Å². The number of halogens is 1. The summed E-state index contributed by atoms with van der Waals surface area (Å²) in [6, 6.07) is 5.80. The summed E-state index contributed by atoms with van der Waals surface area (Å²) >= 11 is 0. The quantitative estimate of drug-likeness (QED) is 0.843. The van der Waals surface area contributed by atoms with Gasteiger partial charge in [0.15, 0.2) is 5.78 Å². The molecular formula is C15H13FN4O2. The van der Waals surface area contributed by atoms with E-state index in [1.165, 1.54) is 6.07 Å². The van der Waals surface area contributed by atoms with Crippen molar-refractivity contribution in [2.75, 3.05) is 10.6 Å². The van der Waals surface area contributed by atoms with E-state index in [4.69, 9.17) is 4.63 Å². The van der Waals surface area contributed by atoms with Crippen LogP contribution >= 0.6 is 0 Å². The lowest BCUT2D eigenvalue weighted by Gasteiger charge is -2.25. The summed E-state index contributed by atoms with van der Waals surface area (Å²) in [4.78, 5) is 12.4. The normalized spacial score (nSPS) is 20.6. The molecule has 1 atom stereocenters. The molecule has 0 saturated carbocycles. The molecule has 1 unspecified atom stereocenters. The number of anilines is 2. The number of allylic oxidation sites excluding steroid dienone is 1. The molecule has 22 heavy (non-hydrogen) atoms. The lowest BCUT2D eigenvalue weighted by atomic mass is 9.86. The van der Waals surface area contributed by atoms with Gasteiger partial charge in [-0.25, -0.2) is 9.02 Å². The zero-order chi connectivity index (χ0) is 15.1. The second kappa shape index (κ2) is 4.94. The molecule has 0 amide bonds. The van der Waals surface area contributed by atoms with E-state index in [2.05, 4.69) is 20.9 Å². The lowest BCUT2D eigenvalue weighted by molar-refractivity contribution is -0.116. The van der Waals surface area contributed by atoms with Crippen LogP contribution in [0, 0.1) is 5.82 Å². The Morgan fingerprint density at radius 3 is 2.86 bits per heavy atom. The van der Waals surface area contributed by atoms with Crippen molar-refractivity contribution >= 4 is 17.4 Å². The second-order valence-corrected chi connectivity index (χ2v) is 5.35. The van der Waals surface area contributed by atoms with Crippen molar-refractivity contribution in [3.05, 3.63) is 46.9 Å². The summed E-state index contributed by atoms with van der Waals surface area (Å²) in [6.45, 7) is 0. The number of carbonyl (C=O) groups is 1. The van der Waals surface area contributed by atoms with Crippen LogP contribution in [0.15, 0.2) is 40.2 Å². The highest BCUT2D eigenvalue weighted by Crippen LogP contribution is 2.39. The lowest BCUT2D eigenvalue weighted by Crippen LogP contribution is -2.24. The molecule has 0 spiro atoms. The van der Waals surface area contributed by atoms with Crippen LogP contribution in [0.4, 0.5) is 16.0 Å². The van der Waals surface area contributed by atoms with E-state index in [1.54, 1.807) is 18.2 Å². The van der Waals surface area contributed by atoms with Gasteiger partial charge >= 0.3 is 0 Å². The van der Waals surface area contributed by atoms with Crippen molar-refractivity contribution in [1.29, 1.82) is 0 Å². The van der Waals surface area contributed by atoms with Gasteiger partial charge in [0.2, 0.25) is 11.6 Å². The number of ketones is 1. The van der Waals surface area contributed by atoms with E-state index >= 15 is 0 Å². The highest BCUT2D eigenvalue weighted by molar-refractivity contribution is 6.00. The monoisotopic (exact) mass is 300 g/mol. The van der Waals surface area contributed by atoms with Crippen LogP contribution < -0.4 is 10.6 Å². The van der Waals surface area contributed by atoms with E-state index in [0.717, 1.165) is 12.1 Å². The Bertz CT molecular complexity index is 783. The van der Waals surface area contributed by atoms with E-state index in [9.17, 15) is 9.18 Å². The maximum Gasteiger partial charge on any atom is 0.219 e. The smallest absolute Gasteiger partial charge is 0.219 e. The Morgan fingerprint density at radius 2 is 2.00 bits per heavy atom. The number of nitrogens with zero attached hydrogens (tertiary/aromatic N) is 2. The van der Waals surface area contributed by atoms with Gasteiger partial charge in [-0.05, 0) is 29.2 Å². The van der Waals surface area contributed by atoms with E-state index in [0.29, 0.717) is 35.6 Å². The van der Waals surface area contributed by atoms with Crippen LogP contribution in [0.25, 0.3) is 0 Å². The number of benzene rings is 1. The Labute approximate surface area is 125 Å². The molecule has 0 saturated heterocycles. The fourth-order valence-electron chi connectivity index (χ4n) is 2.99. The van der Waals surface area contributed by atoms with Gasteiger partial charge in [0.1, 0.15) is 5.82 Å². The van der Waals surface area contributed by atoms with Crippen LogP contribution in [0.3, 0.4) is 0 Å². The highest BCUT2D eigenvalue weighted by atomic mass is 19.1. The standard InChI is InChI=1S/C15H13FN4O2/c16-9-5-2-1-4-8(9)13-12-10(6-3-7-11(12)21)17-14-15(18-13)20-22-19-14/h1-2,4-5,13H,3,6-7H2,(H,17,19)(H,18,20). The van der Waals surface area contributed by atoms with Gasteiger partial charge < -0.3 is 10.6 Å². The molecular weight excluding hydrogens is 287 g/mol. The molecule has 0 radical (unpaired) electrons. The number of aromatic nitrogens is 2. The SMILES string of the molecule is O=C1CCCC2=C1C(c1ccccc1F)Nc1nonc1N2. The number of Topliss-reactive ketones (excluding diaryl/α,β-unsaturated/α-hetero) is 1. The number of nitrogens with one attached hydrogen (secondary N) is 2. The van der Waals surface area contributed by atoms with E-state index in [-0.39, 0.29) is 11.6 Å². The summed E-state index contributed by atoms with van der Waals surface area (Å²) < 4.78 is 19.0. The summed E-state index contributed by atoms with van der Waals surface area (Å²) in [5.41, 5.74) is 1.71. The van der Waals surface area contributed by atoms with Crippen molar-refractivity contribution in [1.82, 2.24) is 10.3 Å². The molecule has 7 heteroatoms. The van der Waals surface area contributed by atoms with Crippen molar-refractivity contribution in [2.45, 2.75) is 25.3 Å². The third-order valence-electron chi connectivity index (χ3n) is 4.00. The molecule has 1 aromatic carbocycles. The highest BCUT2D eigenvalue weighted by Gasteiger charge is 2.34. The van der Waals surface area contributed by atoms with Crippen molar-refractivity contribution in [3.63, 3.8) is 0 Å². The molecule has 0 fully saturated rings. The largest absolute Gasteiger partial charge is 0.353 e. The molecule has 6 nitrogen and oxygen atoms in total. The fraction of sp³-hybridized carbons (Fsp3) is 0.267. The first-order valence-corrected chi connectivity index (χ1v) is 7.11. The van der Waals surface area contributed by atoms with Gasteiger partial charge in [-0.1, -0.05) is 18.2 Å². The van der Waals surface area contributed by atoms with E-state index < -0.39 is 6.04 Å². The predicted octanol–water partition coefficient (Wildman–Crippen LogP) is 2.79. The zero-order valence-electron chi connectivity index (χ0n) is 11.6. The third-order valence-corrected chi connectivity index (χ3v) is 4.00. The fourth-order valence-corrected chi connectivity index (χ4v) is 2.99. The summed E-state index contributed by atoms with van der Waals surface area (Å²) in [5.74, 6) is 0.429. The summed E-state index contributed by atoms with van der Waals surface area (Å²) in [7, 11) is 0. The number of hydrogen-bond acceptors (Lipinski definition) is 6. The predicted molar refractivity (Wildman–Crippen MR) is 76.6 cm³/mol.